The highest BCUT2D eigenvalue weighted by atomic mass is 31.2. The third-order valence-corrected chi connectivity index (χ3v) is 7.26. The third kappa shape index (κ3) is 10.2. The van der Waals surface area contributed by atoms with Crippen molar-refractivity contribution in [3.05, 3.63) is 95.1 Å². The van der Waals surface area contributed by atoms with Crippen LogP contribution >= 0.6 is 8.60 Å². The molecule has 0 aromatic heterocycles. The van der Waals surface area contributed by atoms with E-state index in [1.807, 2.05) is 0 Å². The minimum absolute atomic E-state index is 0.0413. The monoisotopic (exact) mass is 658 g/mol. The van der Waals surface area contributed by atoms with Gasteiger partial charge in [0.2, 0.25) is 0 Å². The van der Waals surface area contributed by atoms with Crippen LogP contribution in [0.15, 0.2) is 72.8 Å². The summed E-state index contributed by atoms with van der Waals surface area (Å²) in [5.74, 6) is -8.18. The lowest BCUT2D eigenvalue weighted by molar-refractivity contribution is -0.230. The van der Waals surface area contributed by atoms with Crippen molar-refractivity contribution in [2.24, 2.45) is 0 Å². The van der Waals surface area contributed by atoms with E-state index >= 15 is 0 Å². The number of ether oxygens (including phenoxy) is 4. The molecule has 0 aliphatic carbocycles. The van der Waals surface area contributed by atoms with Crippen LogP contribution in [-0.2, 0) is 37.6 Å². The predicted molar refractivity (Wildman–Crippen MR) is 163 cm³/mol. The minimum atomic E-state index is -3.17. The van der Waals surface area contributed by atoms with Gasteiger partial charge in [-0.05, 0) is 26.0 Å². The van der Waals surface area contributed by atoms with Gasteiger partial charge in [-0.25, -0.2) is 19.2 Å². The zero-order valence-corrected chi connectivity index (χ0v) is 26.7. The second kappa shape index (κ2) is 17.2. The molecule has 0 fully saturated rings. The van der Waals surface area contributed by atoms with E-state index in [9.17, 15) is 33.7 Å². The number of carbonyl (C=O) groups excluding carboxylic acids is 6. The van der Waals surface area contributed by atoms with Crippen molar-refractivity contribution < 1.29 is 61.7 Å². The topological polar surface area (TPSA) is 178 Å². The molecule has 0 aliphatic rings. The average Bonchev–Trinajstić information content (AvgIpc) is 3.05. The molecule has 2 aromatic carbocycles. The Bertz CT molecular complexity index is 1380. The first kappa shape index (κ1) is 37.6. The number of hydrogen-bond acceptors (Lipinski definition) is 13. The molecule has 0 radical (unpaired) electrons. The molecule has 0 bridgehead atoms. The predicted octanol–water partition coefficient (Wildman–Crippen LogP) is 5.03. The highest BCUT2D eigenvalue weighted by Gasteiger charge is 2.45. The molecule has 1 N–H and O–H groups in total. The molecule has 2 rings (SSSR count). The number of rotatable bonds is 18. The van der Waals surface area contributed by atoms with Crippen LogP contribution in [0.2, 0.25) is 0 Å². The van der Waals surface area contributed by atoms with Crippen LogP contribution in [-0.4, -0.2) is 66.1 Å². The first-order valence-electron chi connectivity index (χ1n) is 13.8. The van der Waals surface area contributed by atoms with Crippen LogP contribution in [0.25, 0.3) is 0 Å². The van der Waals surface area contributed by atoms with E-state index in [0.717, 1.165) is 0 Å². The maximum atomic E-state index is 12.8. The van der Waals surface area contributed by atoms with Gasteiger partial charge in [0, 0.05) is 35.1 Å². The van der Waals surface area contributed by atoms with Gasteiger partial charge in [-0.15, -0.1) is 0 Å². The Kier molecular flexibility index (Phi) is 14.1. The van der Waals surface area contributed by atoms with Crippen LogP contribution in [0.1, 0.15) is 82.0 Å². The molecule has 46 heavy (non-hydrogen) atoms. The molecular formula is C32H35O13P. The van der Waals surface area contributed by atoms with Gasteiger partial charge in [-0.3, -0.25) is 18.6 Å². The standard InChI is InChI=1S/C32H35O13P/c1-7-31(42-27(35)21(3)4,19-40-29(37)25-15-11-9-13-23(25)17-33)44-46(39)45-32(8-2,43-28(36)22(5)6)20-41-30(38)26-16-12-10-14-24(26)18-34/h9-18,39H,3,5,7-8,19-20H2,1-2,4,6H3. The van der Waals surface area contributed by atoms with Crippen LogP contribution in [0.4, 0.5) is 0 Å². The lowest BCUT2D eigenvalue weighted by Crippen LogP contribution is -2.45. The Balaban J connectivity index is 2.38. The fourth-order valence-corrected chi connectivity index (χ4v) is 4.56. The summed E-state index contributed by atoms with van der Waals surface area (Å²) < 4.78 is 32.8. The normalized spacial score (nSPS) is 13.9. The SMILES string of the molecule is C=C(C)C(=O)OC(CC)(COC(=O)c1ccccc1C=O)OP(O)OC(CC)(COC(=O)c1ccccc1C=O)OC(=O)C(=C)C. The van der Waals surface area contributed by atoms with Crippen molar-refractivity contribution in [3.8, 4) is 0 Å². The molecule has 2 atom stereocenters. The molecule has 0 spiro atoms. The van der Waals surface area contributed by atoms with Crippen molar-refractivity contribution in [2.75, 3.05) is 13.2 Å². The first-order chi connectivity index (χ1) is 21.8. The van der Waals surface area contributed by atoms with E-state index in [4.69, 9.17) is 28.0 Å². The van der Waals surface area contributed by atoms with Crippen LogP contribution < -0.4 is 0 Å². The Morgan fingerprint density at radius 3 is 1.37 bits per heavy atom. The summed E-state index contributed by atoms with van der Waals surface area (Å²) in [5, 5.41) is 0. The highest BCUT2D eigenvalue weighted by Crippen LogP contribution is 2.46. The summed E-state index contributed by atoms with van der Waals surface area (Å²) in [7, 11) is -3.17. The van der Waals surface area contributed by atoms with Crippen molar-refractivity contribution in [3.63, 3.8) is 0 Å². The molecule has 2 unspecified atom stereocenters. The van der Waals surface area contributed by atoms with Crippen molar-refractivity contribution in [1.82, 2.24) is 0 Å². The molecule has 14 heteroatoms. The fraction of sp³-hybridized carbons (Fsp3) is 0.312. The summed E-state index contributed by atoms with van der Waals surface area (Å²) in [4.78, 5) is 84.7. The van der Waals surface area contributed by atoms with Gasteiger partial charge in [0.25, 0.3) is 11.6 Å². The van der Waals surface area contributed by atoms with E-state index in [0.29, 0.717) is 12.6 Å². The second-order valence-electron chi connectivity index (χ2n) is 9.85. The third-order valence-electron chi connectivity index (χ3n) is 6.28. The summed E-state index contributed by atoms with van der Waals surface area (Å²) in [6.45, 7) is 11.2. The van der Waals surface area contributed by atoms with Gasteiger partial charge in [0.15, 0.2) is 25.8 Å². The molecule has 0 saturated heterocycles. The summed E-state index contributed by atoms with van der Waals surface area (Å²) >= 11 is 0. The summed E-state index contributed by atoms with van der Waals surface area (Å²) in [5.41, 5.74) is -0.179. The molecule has 0 aliphatic heterocycles. The number of benzene rings is 2. The van der Waals surface area contributed by atoms with E-state index in [-0.39, 0.29) is 46.2 Å². The average molecular weight is 659 g/mol. The van der Waals surface area contributed by atoms with Crippen molar-refractivity contribution in [2.45, 2.75) is 52.1 Å². The quantitative estimate of drug-likeness (QED) is 0.0564. The molecule has 0 saturated carbocycles. The largest absolute Gasteiger partial charge is 0.455 e. The number of esters is 4. The maximum absolute atomic E-state index is 12.8. The van der Waals surface area contributed by atoms with Crippen LogP contribution in [0.3, 0.4) is 0 Å². The highest BCUT2D eigenvalue weighted by molar-refractivity contribution is 7.40. The Labute approximate surface area is 267 Å². The minimum Gasteiger partial charge on any atom is -0.455 e. The number of aldehydes is 2. The molecule has 0 heterocycles. The number of carbonyl (C=O) groups is 6. The lowest BCUT2D eigenvalue weighted by Gasteiger charge is -2.36. The van der Waals surface area contributed by atoms with E-state index in [1.165, 1.54) is 64.1 Å². The molecule has 2 aromatic rings. The van der Waals surface area contributed by atoms with Gasteiger partial charge >= 0.3 is 32.5 Å². The van der Waals surface area contributed by atoms with Crippen molar-refractivity contribution in [1.29, 1.82) is 0 Å². The summed E-state index contributed by atoms with van der Waals surface area (Å²) in [6, 6.07) is 11.6. The van der Waals surface area contributed by atoms with Crippen molar-refractivity contribution >= 4 is 45.1 Å². The number of hydrogen-bond donors (Lipinski definition) is 1. The Morgan fingerprint density at radius 2 is 1.07 bits per heavy atom. The summed E-state index contributed by atoms with van der Waals surface area (Å²) in [6.07, 6.45) is 0.505. The smallest absolute Gasteiger partial charge is 0.339 e. The van der Waals surface area contributed by atoms with Gasteiger partial charge in [-0.2, -0.15) is 0 Å². The van der Waals surface area contributed by atoms with Crippen LogP contribution in [0.5, 0.6) is 0 Å². The fourth-order valence-electron chi connectivity index (χ4n) is 3.52. The van der Waals surface area contributed by atoms with Gasteiger partial charge in [-0.1, -0.05) is 63.4 Å². The van der Waals surface area contributed by atoms with Gasteiger partial charge in [0.05, 0.1) is 11.1 Å². The van der Waals surface area contributed by atoms with Gasteiger partial charge < -0.3 is 23.8 Å². The molecule has 13 nitrogen and oxygen atoms in total. The second-order valence-corrected chi connectivity index (χ2v) is 10.7. The van der Waals surface area contributed by atoms with E-state index < -0.39 is 57.3 Å². The lowest BCUT2D eigenvalue weighted by atomic mass is 10.1. The first-order valence-corrected chi connectivity index (χ1v) is 15.0. The zero-order chi connectivity index (χ0) is 34.5. The van der Waals surface area contributed by atoms with Gasteiger partial charge in [0.1, 0.15) is 0 Å². The van der Waals surface area contributed by atoms with E-state index in [1.54, 1.807) is 12.1 Å². The van der Waals surface area contributed by atoms with Crippen LogP contribution in [0, 0.1) is 0 Å². The molecule has 0 amide bonds. The van der Waals surface area contributed by atoms with E-state index in [2.05, 4.69) is 13.2 Å². The Hall–Kier alpha value is -4.55. The molecule has 246 valence electrons. The Morgan fingerprint density at radius 1 is 0.717 bits per heavy atom. The maximum Gasteiger partial charge on any atom is 0.339 e. The molecular weight excluding hydrogens is 623 g/mol. The zero-order valence-electron chi connectivity index (χ0n) is 25.8.